The van der Waals surface area contributed by atoms with Crippen LogP contribution in [0.15, 0.2) is 72.8 Å². The topological polar surface area (TPSA) is 222 Å². The van der Waals surface area contributed by atoms with Crippen molar-refractivity contribution in [3.8, 4) is 11.5 Å². The molecule has 1 spiro atoms. The Kier molecular flexibility index (Phi) is 22.4. The van der Waals surface area contributed by atoms with Crippen LogP contribution in [0.2, 0.25) is 0 Å². The maximum atomic E-state index is 14.0. The summed E-state index contributed by atoms with van der Waals surface area (Å²) in [6.45, 7) is 7.91. The maximum absolute atomic E-state index is 14.0. The Morgan fingerprint density at radius 1 is 0.753 bits per heavy atom. The molecule has 3 fully saturated rings. The number of rotatable bonds is 29. The van der Waals surface area contributed by atoms with Crippen LogP contribution in [0.3, 0.4) is 0 Å². The van der Waals surface area contributed by atoms with E-state index in [0.29, 0.717) is 121 Å². The minimum absolute atomic E-state index is 0.0389. The fourth-order valence-electron chi connectivity index (χ4n) is 9.82. The zero-order valence-electron chi connectivity index (χ0n) is 42.8. The molecule has 3 aromatic rings. The van der Waals surface area contributed by atoms with E-state index in [1.165, 1.54) is 6.92 Å². The van der Waals surface area contributed by atoms with Gasteiger partial charge < -0.3 is 45.5 Å². The number of piperidine rings is 1. The fourth-order valence-corrected chi connectivity index (χ4v) is 9.82. The quantitative estimate of drug-likeness (QED) is 0.0396. The highest BCUT2D eigenvalue weighted by atomic mass is 16.5. The van der Waals surface area contributed by atoms with E-state index in [1.807, 2.05) is 41.3 Å². The minimum Gasteiger partial charge on any atom is -0.457 e. The van der Waals surface area contributed by atoms with Crippen LogP contribution in [0, 0.1) is 5.92 Å². The van der Waals surface area contributed by atoms with Gasteiger partial charge in [0.15, 0.2) is 0 Å². The van der Waals surface area contributed by atoms with E-state index in [2.05, 4.69) is 33.1 Å². The lowest BCUT2D eigenvalue weighted by Gasteiger charge is -2.52. The summed E-state index contributed by atoms with van der Waals surface area (Å²) in [5.74, 6) is 0.181. The third-order valence-corrected chi connectivity index (χ3v) is 14.0. The van der Waals surface area contributed by atoms with E-state index in [0.717, 1.165) is 56.1 Å². The van der Waals surface area contributed by atoms with Crippen LogP contribution >= 0.6 is 0 Å². The van der Waals surface area contributed by atoms with Gasteiger partial charge in [0.2, 0.25) is 23.6 Å². The van der Waals surface area contributed by atoms with E-state index < -0.39 is 17.7 Å². The van der Waals surface area contributed by atoms with Crippen LogP contribution in [-0.4, -0.2) is 133 Å². The molecule has 6 rings (SSSR count). The molecule has 1 aliphatic carbocycles. The zero-order chi connectivity index (χ0) is 52.0. The summed E-state index contributed by atoms with van der Waals surface area (Å²) in [6.07, 6.45) is 8.53. The number of piperazine rings is 1. The predicted octanol–water partition coefficient (Wildman–Crippen LogP) is 6.05. The van der Waals surface area contributed by atoms with Gasteiger partial charge in [0, 0.05) is 69.8 Å². The number of aliphatic hydroxyl groups is 1. The Labute approximate surface area is 429 Å². The lowest BCUT2D eigenvalue weighted by Crippen LogP contribution is -2.75. The van der Waals surface area contributed by atoms with Crippen molar-refractivity contribution in [2.24, 2.45) is 5.92 Å². The number of carbonyl (C=O) groups is 7. The number of aryl methyl sites for hydroxylation is 1. The monoisotopic (exact) mass is 1010 g/mol. The first-order valence-electron chi connectivity index (χ1n) is 26.3. The average molecular weight is 1010 g/mol. The number of aliphatic hydroxyl groups excluding tert-OH is 1. The van der Waals surface area contributed by atoms with E-state index in [9.17, 15) is 38.7 Å². The summed E-state index contributed by atoms with van der Waals surface area (Å²) in [7, 11) is 0. The highest BCUT2D eigenvalue weighted by Gasteiger charge is 2.55. The third-order valence-electron chi connectivity index (χ3n) is 14.0. The molecule has 2 heterocycles. The van der Waals surface area contributed by atoms with Crippen molar-refractivity contribution >= 4 is 46.8 Å². The summed E-state index contributed by atoms with van der Waals surface area (Å²) in [4.78, 5) is 92.1. The molecule has 3 aliphatic rings. The highest BCUT2D eigenvalue weighted by Crippen LogP contribution is 2.37. The van der Waals surface area contributed by atoms with Crippen molar-refractivity contribution in [3.05, 3.63) is 89.5 Å². The van der Waals surface area contributed by atoms with Gasteiger partial charge in [-0.25, -0.2) is 0 Å². The first kappa shape index (κ1) is 56.3. The van der Waals surface area contributed by atoms with Crippen LogP contribution in [0.5, 0.6) is 11.5 Å². The van der Waals surface area contributed by atoms with Crippen LogP contribution < -0.4 is 26.0 Å². The largest absolute Gasteiger partial charge is 0.457 e. The molecule has 2 atom stereocenters. The summed E-state index contributed by atoms with van der Waals surface area (Å²) >= 11 is 0. The number of likely N-dealkylation sites (tertiary alicyclic amines) is 1. The van der Waals surface area contributed by atoms with Crippen LogP contribution in [0.25, 0.3) is 0 Å². The van der Waals surface area contributed by atoms with Gasteiger partial charge in [0.05, 0.1) is 39.0 Å². The highest BCUT2D eigenvalue weighted by molar-refractivity contribution is 6.00. The number of anilines is 1. The van der Waals surface area contributed by atoms with Gasteiger partial charge in [-0.1, -0.05) is 56.9 Å². The van der Waals surface area contributed by atoms with Gasteiger partial charge in [0.1, 0.15) is 34.6 Å². The number of Topliss-reactive ketones (excluding diaryl/α,β-unsaturated/α-hetero) is 2. The standard InChI is InChI=1S/C56H76N6O11/c1-3-4-31-62-54(69)51(52(67)43-9-6-5-7-10-43)60-55(70)56(62)27-32-61(33-28-56)39-42-16-23-47(24-17-42)73-48-25-18-44(19-26-48)53(68)58-30-35-72-37-36-71-34-29-57-49(65)11-8-12-50(66)59-45-20-13-41(14-21-45)15-22-46(64)38-40(2)63/h13-14,16-21,23-26,43,51-52,67H,3-12,15,22,27-39H2,1-2H3,(H,57,65)(H,58,68)(H,59,66)(H,60,70)/t51-,52+/m0/s1. The first-order chi connectivity index (χ1) is 35.3. The number of carbonyl (C=O) groups excluding carboxylic acids is 7. The van der Waals surface area contributed by atoms with E-state index in [1.54, 1.807) is 36.4 Å². The second-order valence-electron chi connectivity index (χ2n) is 19.6. The number of ether oxygens (including phenoxy) is 3. The molecular formula is C56H76N6O11. The summed E-state index contributed by atoms with van der Waals surface area (Å²) in [6, 6.07) is 21.1. The van der Waals surface area contributed by atoms with Gasteiger partial charge in [-0.15, -0.1) is 0 Å². The lowest BCUT2D eigenvalue weighted by molar-refractivity contribution is -0.166. The normalized spacial score (nSPS) is 17.4. The van der Waals surface area contributed by atoms with Crippen LogP contribution in [-0.2, 0) is 51.2 Å². The molecule has 5 amide bonds. The van der Waals surface area contributed by atoms with Crippen LogP contribution in [0.4, 0.5) is 5.69 Å². The van der Waals surface area contributed by atoms with Crippen molar-refractivity contribution in [1.82, 2.24) is 25.8 Å². The average Bonchev–Trinajstić information content (AvgIpc) is 3.39. The van der Waals surface area contributed by atoms with Crippen molar-refractivity contribution < 1.29 is 52.9 Å². The minimum atomic E-state index is -0.894. The van der Waals surface area contributed by atoms with Gasteiger partial charge in [-0.3, -0.25) is 38.5 Å². The lowest BCUT2D eigenvalue weighted by atomic mass is 9.78. The van der Waals surface area contributed by atoms with Gasteiger partial charge in [-0.2, -0.15) is 0 Å². The number of nitrogens with zero attached hydrogens (tertiary/aromatic N) is 2. The fraction of sp³-hybridized carbons (Fsp3) is 0.554. The van der Waals surface area contributed by atoms with E-state index >= 15 is 0 Å². The number of unbranched alkanes of at least 4 members (excludes halogenated alkanes) is 1. The molecule has 17 nitrogen and oxygen atoms in total. The molecule has 2 aliphatic heterocycles. The predicted molar refractivity (Wildman–Crippen MR) is 276 cm³/mol. The Bertz CT molecular complexity index is 2280. The molecule has 0 unspecified atom stereocenters. The summed E-state index contributed by atoms with van der Waals surface area (Å²) < 4.78 is 17.2. The Morgan fingerprint density at radius 2 is 1.37 bits per heavy atom. The van der Waals surface area contributed by atoms with E-state index in [4.69, 9.17) is 14.2 Å². The molecule has 2 saturated heterocycles. The zero-order valence-corrected chi connectivity index (χ0v) is 42.8. The summed E-state index contributed by atoms with van der Waals surface area (Å²) in [5, 5.41) is 22.7. The smallest absolute Gasteiger partial charge is 0.251 e. The number of ketones is 2. The summed E-state index contributed by atoms with van der Waals surface area (Å²) in [5.41, 5.74) is 2.26. The molecule has 0 radical (unpaired) electrons. The molecule has 0 aromatic heterocycles. The molecule has 73 heavy (non-hydrogen) atoms. The second-order valence-corrected chi connectivity index (χ2v) is 19.6. The third kappa shape index (κ3) is 17.6. The first-order valence-corrected chi connectivity index (χ1v) is 26.3. The Balaban J connectivity index is 0.786. The Morgan fingerprint density at radius 3 is 2.01 bits per heavy atom. The number of nitrogens with one attached hydrogen (secondary N) is 4. The Hall–Kier alpha value is -6.01. The molecule has 0 bridgehead atoms. The van der Waals surface area contributed by atoms with Crippen LogP contribution in [0.1, 0.15) is 125 Å². The van der Waals surface area contributed by atoms with Gasteiger partial charge >= 0.3 is 0 Å². The van der Waals surface area contributed by atoms with Crippen molar-refractivity contribution in [1.29, 1.82) is 0 Å². The number of hydrogen-bond donors (Lipinski definition) is 5. The number of hydrogen-bond acceptors (Lipinski definition) is 12. The second kappa shape index (κ2) is 29.0. The molecule has 17 heteroatoms. The van der Waals surface area contributed by atoms with Crippen molar-refractivity contribution in [2.75, 3.05) is 64.5 Å². The molecule has 5 N–H and O–H groups in total. The molecular weight excluding hydrogens is 933 g/mol. The molecule has 3 aromatic carbocycles. The molecule has 1 saturated carbocycles. The molecule has 396 valence electrons. The van der Waals surface area contributed by atoms with Gasteiger partial charge in [-0.05, 0) is 117 Å². The SMILES string of the molecule is CCCCN1C(=O)[C@H]([C@H](O)C2CCCCC2)NC(=O)C12CCN(Cc1ccc(Oc3ccc(C(=O)NCCOCCOCCNC(=O)CCCC(=O)Nc4ccc(CCC(=O)CC(C)=O)cc4)cc3)cc1)CC2. The van der Waals surface area contributed by atoms with Gasteiger partial charge in [0.25, 0.3) is 5.91 Å². The number of benzene rings is 3. The van der Waals surface area contributed by atoms with E-state index in [-0.39, 0.29) is 66.3 Å². The maximum Gasteiger partial charge on any atom is 0.251 e. The number of amides is 5. The van der Waals surface area contributed by atoms with Crippen molar-refractivity contribution in [2.45, 2.75) is 134 Å². The van der Waals surface area contributed by atoms with Crippen molar-refractivity contribution in [3.63, 3.8) is 0 Å².